The largest absolute Gasteiger partial charge is 0.477 e. The number of methoxy groups -OCH3 is 1. The van der Waals surface area contributed by atoms with Crippen LogP contribution in [0.2, 0.25) is 0 Å². The molecule has 2 rings (SSSR count). The van der Waals surface area contributed by atoms with E-state index < -0.39 is 5.97 Å². The summed E-state index contributed by atoms with van der Waals surface area (Å²) < 4.78 is 19.4. The molecule has 16 heavy (non-hydrogen) atoms. The lowest BCUT2D eigenvalue weighted by Gasteiger charge is -2.05. The first kappa shape index (κ1) is 10.6. The molecule has 0 spiro atoms. The average Bonchev–Trinajstić information content (AvgIpc) is 2.57. The van der Waals surface area contributed by atoms with E-state index in [1.165, 1.54) is 35.9 Å². The van der Waals surface area contributed by atoms with Crippen LogP contribution in [0.25, 0.3) is 10.9 Å². The molecule has 0 amide bonds. The Kier molecular flexibility index (Phi) is 2.62. The molecule has 84 valence electrons. The molecule has 0 aliphatic heterocycles. The van der Waals surface area contributed by atoms with Crippen molar-refractivity contribution < 1.29 is 19.0 Å². The van der Waals surface area contributed by atoms with Gasteiger partial charge in [-0.3, -0.25) is 0 Å². The van der Waals surface area contributed by atoms with E-state index in [2.05, 4.69) is 0 Å². The second-order valence-corrected chi connectivity index (χ2v) is 3.38. The summed E-state index contributed by atoms with van der Waals surface area (Å²) in [6.07, 6.45) is 0. The first-order chi connectivity index (χ1) is 7.63. The number of hydrogen-bond donors (Lipinski definition) is 1. The Hall–Kier alpha value is -1.88. The van der Waals surface area contributed by atoms with E-state index in [1.54, 1.807) is 0 Å². The van der Waals surface area contributed by atoms with Gasteiger partial charge in [0, 0.05) is 12.5 Å². The molecule has 0 unspecified atom stereocenters. The fraction of sp³-hybridized carbons (Fsp3) is 0.182. The highest BCUT2D eigenvalue weighted by Crippen LogP contribution is 2.21. The SMILES string of the molecule is COCn1c(C(=O)O)cc2cc(F)ccc21. The van der Waals surface area contributed by atoms with Gasteiger partial charge in [0.1, 0.15) is 18.2 Å². The molecule has 1 heterocycles. The van der Waals surface area contributed by atoms with Crippen molar-refractivity contribution in [1.29, 1.82) is 0 Å². The van der Waals surface area contributed by atoms with Gasteiger partial charge >= 0.3 is 5.97 Å². The van der Waals surface area contributed by atoms with Crippen molar-refractivity contribution in [3.63, 3.8) is 0 Å². The van der Waals surface area contributed by atoms with E-state index >= 15 is 0 Å². The summed E-state index contributed by atoms with van der Waals surface area (Å²) in [5.41, 5.74) is 0.725. The summed E-state index contributed by atoms with van der Waals surface area (Å²) in [6.45, 7) is 0.122. The van der Waals surface area contributed by atoms with Crippen LogP contribution in [-0.4, -0.2) is 22.8 Å². The van der Waals surface area contributed by atoms with Gasteiger partial charge in [-0.25, -0.2) is 9.18 Å². The highest BCUT2D eigenvalue weighted by Gasteiger charge is 2.14. The van der Waals surface area contributed by atoms with Gasteiger partial charge in [-0.15, -0.1) is 0 Å². The lowest BCUT2D eigenvalue weighted by Crippen LogP contribution is -2.09. The van der Waals surface area contributed by atoms with Crippen molar-refractivity contribution in [2.24, 2.45) is 0 Å². The van der Waals surface area contributed by atoms with Gasteiger partial charge in [0.2, 0.25) is 0 Å². The molecule has 5 heteroatoms. The smallest absolute Gasteiger partial charge is 0.352 e. The van der Waals surface area contributed by atoms with E-state index in [-0.39, 0.29) is 18.2 Å². The van der Waals surface area contributed by atoms with E-state index in [4.69, 9.17) is 9.84 Å². The molecule has 0 atom stereocenters. The number of hydrogen-bond acceptors (Lipinski definition) is 2. The number of benzene rings is 1. The monoisotopic (exact) mass is 223 g/mol. The number of aromatic carboxylic acids is 1. The molecule has 0 radical (unpaired) electrons. The highest BCUT2D eigenvalue weighted by molar-refractivity contribution is 5.94. The van der Waals surface area contributed by atoms with Crippen LogP contribution in [0.3, 0.4) is 0 Å². The number of ether oxygens (including phenoxy) is 1. The molecule has 0 saturated carbocycles. The molecule has 4 nitrogen and oxygen atoms in total. The Bertz CT molecular complexity index is 547. The first-order valence-electron chi connectivity index (χ1n) is 4.64. The van der Waals surface area contributed by atoms with E-state index in [0.717, 1.165) is 0 Å². The third-order valence-corrected chi connectivity index (χ3v) is 2.34. The first-order valence-corrected chi connectivity index (χ1v) is 4.64. The van der Waals surface area contributed by atoms with Crippen molar-refractivity contribution in [3.8, 4) is 0 Å². The predicted molar refractivity (Wildman–Crippen MR) is 55.9 cm³/mol. The minimum Gasteiger partial charge on any atom is -0.477 e. The van der Waals surface area contributed by atoms with Gasteiger partial charge in [0.05, 0.1) is 5.52 Å². The van der Waals surface area contributed by atoms with Crippen LogP contribution in [-0.2, 0) is 11.5 Å². The molecule has 2 aromatic rings. The second kappa shape index (κ2) is 3.94. The van der Waals surface area contributed by atoms with Crippen molar-refractivity contribution in [3.05, 3.63) is 35.8 Å². The number of carbonyl (C=O) groups is 1. The summed E-state index contributed by atoms with van der Waals surface area (Å²) in [5, 5.41) is 9.54. The Morgan fingerprint density at radius 1 is 1.50 bits per heavy atom. The minimum atomic E-state index is -1.06. The van der Waals surface area contributed by atoms with Crippen LogP contribution < -0.4 is 0 Å². The quantitative estimate of drug-likeness (QED) is 0.866. The molecule has 0 saturated heterocycles. The molecule has 0 fully saturated rings. The van der Waals surface area contributed by atoms with Gasteiger partial charge in [0.25, 0.3) is 0 Å². The van der Waals surface area contributed by atoms with E-state index in [1.807, 2.05) is 0 Å². The standard InChI is InChI=1S/C11H10FNO3/c1-16-6-13-9-3-2-8(12)4-7(9)5-10(13)11(14)15/h2-5H,6H2,1H3,(H,14,15). The number of carboxylic acids is 1. The number of nitrogens with zero attached hydrogens (tertiary/aromatic N) is 1. The summed E-state index contributed by atoms with van der Waals surface area (Å²) in [5.74, 6) is -1.45. The number of fused-ring (bicyclic) bond motifs is 1. The minimum absolute atomic E-state index is 0.0856. The fourth-order valence-corrected chi connectivity index (χ4v) is 1.69. The van der Waals surface area contributed by atoms with Crippen LogP contribution in [0.5, 0.6) is 0 Å². The molecule has 1 N–H and O–H groups in total. The van der Waals surface area contributed by atoms with Crippen LogP contribution in [0.1, 0.15) is 10.5 Å². The maximum Gasteiger partial charge on any atom is 0.352 e. The second-order valence-electron chi connectivity index (χ2n) is 3.38. The van der Waals surface area contributed by atoms with Gasteiger partial charge in [-0.1, -0.05) is 0 Å². The molecule has 1 aromatic heterocycles. The number of halogens is 1. The maximum absolute atomic E-state index is 13.0. The highest BCUT2D eigenvalue weighted by atomic mass is 19.1. The van der Waals surface area contributed by atoms with Gasteiger partial charge in [0.15, 0.2) is 0 Å². The Morgan fingerprint density at radius 2 is 2.25 bits per heavy atom. The fourth-order valence-electron chi connectivity index (χ4n) is 1.69. The molecule has 0 aliphatic carbocycles. The molecule has 0 bridgehead atoms. The van der Waals surface area contributed by atoms with Crippen molar-refractivity contribution in [2.75, 3.05) is 7.11 Å². The predicted octanol–water partition coefficient (Wildman–Crippen LogP) is 2.08. The Labute approximate surface area is 90.9 Å². The topological polar surface area (TPSA) is 51.5 Å². The Balaban J connectivity index is 2.70. The van der Waals surface area contributed by atoms with Crippen LogP contribution in [0.15, 0.2) is 24.3 Å². The van der Waals surface area contributed by atoms with E-state index in [0.29, 0.717) is 10.9 Å². The molecular formula is C11H10FNO3. The number of rotatable bonds is 3. The van der Waals surface area contributed by atoms with E-state index in [9.17, 15) is 9.18 Å². The zero-order valence-electron chi connectivity index (χ0n) is 8.61. The molecule has 0 aliphatic rings. The van der Waals surface area contributed by atoms with Crippen LogP contribution in [0, 0.1) is 5.82 Å². The zero-order valence-corrected chi connectivity index (χ0v) is 8.61. The van der Waals surface area contributed by atoms with Crippen molar-refractivity contribution in [1.82, 2.24) is 4.57 Å². The molecule has 1 aromatic carbocycles. The number of aromatic nitrogens is 1. The Morgan fingerprint density at radius 3 is 2.88 bits per heavy atom. The zero-order chi connectivity index (χ0) is 11.7. The van der Waals surface area contributed by atoms with Crippen LogP contribution in [0.4, 0.5) is 4.39 Å². The average molecular weight is 223 g/mol. The maximum atomic E-state index is 13.0. The summed E-state index contributed by atoms with van der Waals surface area (Å²) in [4.78, 5) is 11.0. The van der Waals surface area contributed by atoms with Crippen molar-refractivity contribution in [2.45, 2.75) is 6.73 Å². The third-order valence-electron chi connectivity index (χ3n) is 2.34. The lowest BCUT2D eigenvalue weighted by atomic mass is 10.2. The normalized spacial score (nSPS) is 10.9. The van der Waals surface area contributed by atoms with Gasteiger partial charge in [-0.2, -0.15) is 0 Å². The third kappa shape index (κ3) is 1.65. The summed E-state index contributed by atoms with van der Waals surface area (Å²) in [6, 6.07) is 5.56. The van der Waals surface area contributed by atoms with Crippen LogP contribution >= 0.6 is 0 Å². The molecular weight excluding hydrogens is 213 g/mol. The number of carboxylic acid groups (broad SMARTS) is 1. The van der Waals surface area contributed by atoms with Gasteiger partial charge < -0.3 is 14.4 Å². The van der Waals surface area contributed by atoms with Gasteiger partial charge in [-0.05, 0) is 24.3 Å². The van der Waals surface area contributed by atoms with Crippen molar-refractivity contribution >= 4 is 16.9 Å². The summed E-state index contributed by atoms with van der Waals surface area (Å²) >= 11 is 0. The summed E-state index contributed by atoms with van der Waals surface area (Å²) in [7, 11) is 1.47. The lowest BCUT2D eigenvalue weighted by molar-refractivity contribution is 0.0664.